The SMILES string of the molecule is COc1ccc(F)cc1C(=O)N1CCN(C(=O)c2ccccc2C)CC1. The van der Waals surface area contributed by atoms with Crippen molar-refractivity contribution in [2.45, 2.75) is 6.92 Å². The fraction of sp³-hybridized carbons (Fsp3) is 0.300. The number of aryl methyl sites for hydroxylation is 1. The van der Waals surface area contributed by atoms with E-state index in [1.807, 2.05) is 31.2 Å². The Hall–Kier alpha value is -2.89. The van der Waals surface area contributed by atoms with Gasteiger partial charge in [0.05, 0.1) is 12.7 Å². The monoisotopic (exact) mass is 356 g/mol. The summed E-state index contributed by atoms with van der Waals surface area (Å²) in [5, 5.41) is 0. The summed E-state index contributed by atoms with van der Waals surface area (Å²) in [6, 6.07) is 11.3. The predicted octanol–water partition coefficient (Wildman–Crippen LogP) is 2.74. The fourth-order valence-electron chi connectivity index (χ4n) is 3.11. The molecule has 1 fully saturated rings. The Morgan fingerprint density at radius 1 is 0.923 bits per heavy atom. The Labute approximate surface area is 152 Å². The van der Waals surface area contributed by atoms with Crippen molar-refractivity contribution < 1.29 is 18.7 Å². The second-order valence-corrected chi connectivity index (χ2v) is 6.24. The summed E-state index contributed by atoms with van der Waals surface area (Å²) in [7, 11) is 1.45. The average Bonchev–Trinajstić information content (AvgIpc) is 2.67. The molecule has 0 atom stereocenters. The summed E-state index contributed by atoms with van der Waals surface area (Å²) in [5.74, 6) is -0.458. The van der Waals surface area contributed by atoms with Gasteiger partial charge in [-0.2, -0.15) is 0 Å². The molecule has 0 aromatic heterocycles. The van der Waals surface area contributed by atoms with Crippen LogP contribution in [0.5, 0.6) is 5.75 Å². The van der Waals surface area contributed by atoms with Crippen LogP contribution in [0.25, 0.3) is 0 Å². The smallest absolute Gasteiger partial charge is 0.257 e. The van der Waals surface area contributed by atoms with Crippen LogP contribution in [0.4, 0.5) is 4.39 Å². The molecule has 5 nitrogen and oxygen atoms in total. The van der Waals surface area contributed by atoms with E-state index >= 15 is 0 Å². The average molecular weight is 356 g/mol. The summed E-state index contributed by atoms with van der Waals surface area (Å²) >= 11 is 0. The first kappa shape index (κ1) is 17.9. The number of piperazine rings is 1. The maximum absolute atomic E-state index is 13.5. The Morgan fingerprint density at radius 2 is 1.50 bits per heavy atom. The second kappa shape index (κ2) is 7.56. The van der Waals surface area contributed by atoms with Crippen LogP contribution in [0.2, 0.25) is 0 Å². The van der Waals surface area contributed by atoms with Crippen molar-refractivity contribution in [2.24, 2.45) is 0 Å². The molecule has 0 bridgehead atoms. The van der Waals surface area contributed by atoms with Crippen molar-refractivity contribution in [1.82, 2.24) is 9.80 Å². The number of benzene rings is 2. The zero-order chi connectivity index (χ0) is 18.7. The van der Waals surface area contributed by atoms with Crippen molar-refractivity contribution in [3.8, 4) is 5.75 Å². The van der Waals surface area contributed by atoms with Gasteiger partial charge in [-0.25, -0.2) is 4.39 Å². The number of amides is 2. The van der Waals surface area contributed by atoms with Gasteiger partial charge in [-0.05, 0) is 36.8 Å². The Kier molecular flexibility index (Phi) is 5.21. The van der Waals surface area contributed by atoms with Crippen LogP contribution in [0.1, 0.15) is 26.3 Å². The number of nitrogens with zero attached hydrogens (tertiary/aromatic N) is 2. The highest BCUT2D eigenvalue weighted by molar-refractivity contribution is 5.98. The molecule has 136 valence electrons. The zero-order valence-electron chi connectivity index (χ0n) is 14.9. The van der Waals surface area contributed by atoms with Gasteiger partial charge in [-0.3, -0.25) is 9.59 Å². The van der Waals surface area contributed by atoms with Crippen LogP contribution >= 0.6 is 0 Å². The van der Waals surface area contributed by atoms with Gasteiger partial charge in [0.1, 0.15) is 11.6 Å². The van der Waals surface area contributed by atoms with Crippen LogP contribution in [-0.2, 0) is 0 Å². The van der Waals surface area contributed by atoms with E-state index in [4.69, 9.17) is 4.74 Å². The third kappa shape index (κ3) is 3.54. The molecule has 0 saturated carbocycles. The second-order valence-electron chi connectivity index (χ2n) is 6.24. The summed E-state index contributed by atoms with van der Waals surface area (Å²) < 4.78 is 18.7. The maximum atomic E-state index is 13.5. The standard InChI is InChI=1S/C20H21FN2O3/c1-14-5-3-4-6-16(14)19(24)22-9-11-23(12-10-22)20(25)17-13-15(21)7-8-18(17)26-2/h3-8,13H,9-12H2,1-2H3. The van der Waals surface area contributed by atoms with Gasteiger partial charge in [0, 0.05) is 31.7 Å². The molecule has 0 aliphatic carbocycles. The first-order valence-corrected chi connectivity index (χ1v) is 8.49. The van der Waals surface area contributed by atoms with E-state index in [0.717, 1.165) is 5.56 Å². The summed E-state index contributed by atoms with van der Waals surface area (Å²) in [4.78, 5) is 28.7. The molecule has 2 aromatic carbocycles. The normalized spacial score (nSPS) is 14.3. The molecule has 6 heteroatoms. The molecule has 0 spiro atoms. The van der Waals surface area contributed by atoms with Gasteiger partial charge < -0.3 is 14.5 Å². The third-order valence-corrected chi connectivity index (χ3v) is 4.62. The molecular weight excluding hydrogens is 335 g/mol. The minimum atomic E-state index is -0.484. The van der Waals surface area contributed by atoms with E-state index in [1.54, 1.807) is 9.80 Å². The Bertz CT molecular complexity index is 830. The quantitative estimate of drug-likeness (QED) is 0.850. The van der Waals surface area contributed by atoms with E-state index in [-0.39, 0.29) is 17.4 Å². The topological polar surface area (TPSA) is 49.9 Å². The molecule has 1 saturated heterocycles. The molecule has 0 unspecified atom stereocenters. The van der Waals surface area contributed by atoms with Crippen molar-refractivity contribution in [2.75, 3.05) is 33.3 Å². The lowest BCUT2D eigenvalue weighted by atomic mass is 10.1. The maximum Gasteiger partial charge on any atom is 0.257 e. The highest BCUT2D eigenvalue weighted by atomic mass is 19.1. The van der Waals surface area contributed by atoms with E-state index in [9.17, 15) is 14.0 Å². The van der Waals surface area contributed by atoms with Gasteiger partial charge in [0.15, 0.2) is 0 Å². The predicted molar refractivity (Wildman–Crippen MR) is 95.9 cm³/mol. The van der Waals surface area contributed by atoms with Crippen LogP contribution in [-0.4, -0.2) is 54.9 Å². The van der Waals surface area contributed by atoms with Crippen molar-refractivity contribution in [3.63, 3.8) is 0 Å². The zero-order valence-corrected chi connectivity index (χ0v) is 14.9. The van der Waals surface area contributed by atoms with Gasteiger partial charge in [0.25, 0.3) is 11.8 Å². The first-order valence-electron chi connectivity index (χ1n) is 8.49. The molecule has 1 heterocycles. The minimum Gasteiger partial charge on any atom is -0.496 e. The van der Waals surface area contributed by atoms with Crippen molar-refractivity contribution >= 4 is 11.8 Å². The molecule has 2 amide bonds. The number of carbonyl (C=O) groups excluding carboxylic acids is 2. The molecule has 2 aromatic rings. The fourth-order valence-corrected chi connectivity index (χ4v) is 3.11. The largest absolute Gasteiger partial charge is 0.496 e. The Balaban J connectivity index is 1.69. The number of methoxy groups -OCH3 is 1. The summed E-state index contributed by atoms with van der Waals surface area (Å²) in [6.07, 6.45) is 0. The Morgan fingerprint density at radius 3 is 2.08 bits per heavy atom. The molecule has 1 aliphatic heterocycles. The number of hydrogen-bond donors (Lipinski definition) is 0. The van der Waals surface area contributed by atoms with Crippen LogP contribution < -0.4 is 4.74 Å². The highest BCUT2D eigenvalue weighted by Crippen LogP contribution is 2.22. The molecule has 0 radical (unpaired) electrons. The molecular formula is C20H21FN2O3. The summed E-state index contributed by atoms with van der Waals surface area (Å²) in [5.41, 5.74) is 1.81. The van der Waals surface area contributed by atoms with E-state index in [2.05, 4.69) is 0 Å². The van der Waals surface area contributed by atoms with Crippen molar-refractivity contribution in [1.29, 1.82) is 0 Å². The first-order chi connectivity index (χ1) is 12.5. The lowest BCUT2D eigenvalue weighted by molar-refractivity contribution is 0.0533. The number of ether oxygens (including phenoxy) is 1. The van der Waals surface area contributed by atoms with Gasteiger partial charge in [-0.1, -0.05) is 18.2 Å². The van der Waals surface area contributed by atoms with E-state index in [1.165, 1.54) is 25.3 Å². The highest BCUT2D eigenvalue weighted by Gasteiger charge is 2.27. The summed E-state index contributed by atoms with van der Waals surface area (Å²) in [6.45, 7) is 3.59. The number of halogens is 1. The molecule has 0 N–H and O–H groups in total. The van der Waals surface area contributed by atoms with Gasteiger partial charge in [-0.15, -0.1) is 0 Å². The lowest BCUT2D eigenvalue weighted by Gasteiger charge is -2.35. The van der Waals surface area contributed by atoms with Gasteiger partial charge >= 0.3 is 0 Å². The van der Waals surface area contributed by atoms with Gasteiger partial charge in [0.2, 0.25) is 0 Å². The molecule has 26 heavy (non-hydrogen) atoms. The number of rotatable bonds is 3. The van der Waals surface area contributed by atoms with Crippen molar-refractivity contribution in [3.05, 3.63) is 65.0 Å². The molecule has 3 rings (SSSR count). The molecule has 1 aliphatic rings. The third-order valence-electron chi connectivity index (χ3n) is 4.62. The lowest BCUT2D eigenvalue weighted by Crippen LogP contribution is -2.50. The minimum absolute atomic E-state index is 0.0291. The van der Waals surface area contributed by atoms with E-state index < -0.39 is 5.82 Å². The van der Waals surface area contributed by atoms with Crippen LogP contribution in [0, 0.1) is 12.7 Å². The van der Waals surface area contributed by atoms with Crippen LogP contribution in [0.15, 0.2) is 42.5 Å². The number of carbonyl (C=O) groups is 2. The van der Waals surface area contributed by atoms with Crippen LogP contribution in [0.3, 0.4) is 0 Å². The van der Waals surface area contributed by atoms with E-state index in [0.29, 0.717) is 37.5 Å². The number of hydrogen-bond acceptors (Lipinski definition) is 3.